The number of hydrogen-bond donors (Lipinski definition) is 1. The molecule has 0 aliphatic rings. The summed E-state index contributed by atoms with van der Waals surface area (Å²) in [6.45, 7) is 1.69. The summed E-state index contributed by atoms with van der Waals surface area (Å²) >= 11 is 0. The van der Waals surface area contributed by atoms with Gasteiger partial charge in [0.2, 0.25) is 0 Å². The van der Waals surface area contributed by atoms with Crippen LogP contribution < -0.4 is 0 Å². The Kier molecular flexibility index (Phi) is 2.97. The monoisotopic (exact) mass is 215 g/mol. The van der Waals surface area contributed by atoms with Crippen LogP contribution >= 0.6 is 0 Å². The van der Waals surface area contributed by atoms with Crippen molar-refractivity contribution in [2.75, 3.05) is 0 Å². The number of aliphatic hydroxyl groups is 1. The van der Waals surface area contributed by atoms with Gasteiger partial charge in [0.15, 0.2) is 5.78 Å². The number of pyridine rings is 1. The zero-order valence-corrected chi connectivity index (χ0v) is 9.10. The second-order valence-corrected chi connectivity index (χ2v) is 3.61. The largest absolute Gasteiger partial charge is 0.390 e. The molecule has 0 saturated carbocycles. The molecule has 1 heterocycles. The second-order valence-electron chi connectivity index (χ2n) is 3.61. The lowest BCUT2D eigenvalue weighted by atomic mass is 10.0. The van der Waals surface area contributed by atoms with Crippen molar-refractivity contribution in [2.24, 2.45) is 0 Å². The van der Waals surface area contributed by atoms with E-state index >= 15 is 0 Å². The number of aromatic nitrogens is 1. The number of carbonyl (C=O) groups is 1. The van der Waals surface area contributed by atoms with E-state index < -0.39 is 0 Å². The van der Waals surface area contributed by atoms with Gasteiger partial charge in [-0.2, -0.15) is 0 Å². The first-order chi connectivity index (χ1) is 7.76. The molecular formula is C13H13NO2. The molecule has 3 nitrogen and oxygen atoms in total. The minimum Gasteiger partial charge on any atom is -0.390 e. The van der Waals surface area contributed by atoms with Gasteiger partial charge in [0.25, 0.3) is 0 Å². The van der Waals surface area contributed by atoms with E-state index in [1.807, 2.05) is 31.2 Å². The minimum atomic E-state index is -0.144. The molecule has 0 spiro atoms. The Hall–Kier alpha value is -1.74. The number of Topliss-reactive ketones (excluding diaryl/α,β-unsaturated/α-hetero) is 1. The highest BCUT2D eigenvalue weighted by Crippen LogP contribution is 2.19. The lowest BCUT2D eigenvalue weighted by molar-refractivity contribution is 0.0989. The predicted octanol–water partition coefficient (Wildman–Crippen LogP) is 2.32. The molecule has 0 amide bonds. The summed E-state index contributed by atoms with van der Waals surface area (Å²) in [4.78, 5) is 16.1. The maximum atomic E-state index is 11.8. The van der Waals surface area contributed by atoms with Crippen molar-refractivity contribution in [2.45, 2.75) is 20.0 Å². The maximum Gasteiger partial charge on any atom is 0.163 e. The van der Waals surface area contributed by atoms with Crippen LogP contribution in [0.5, 0.6) is 0 Å². The topological polar surface area (TPSA) is 50.2 Å². The number of aliphatic hydroxyl groups excluding tert-OH is 1. The van der Waals surface area contributed by atoms with E-state index in [-0.39, 0.29) is 12.4 Å². The predicted molar refractivity (Wildman–Crippen MR) is 62.3 cm³/mol. The first kappa shape index (κ1) is 10.8. The number of nitrogens with zero attached hydrogens (tertiary/aromatic N) is 1. The van der Waals surface area contributed by atoms with E-state index in [0.29, 0.717) is 17.7 Å². The lowest BCUT2D eigenvalue weighted by Gasteiger charge is -2.06. The van der Waals surface area contributed by atoms with Crippen molar-refractivity contribution >= 4 is 16.7 Å². The highest BCUT2D eigenvalue weighted by molar-refractivity contribution is 6.07. The minimum absolute atomic E-state index is 0.0771. The van der Waals surface area contributed by atoms with Crippen molar-refractivity contribution in [3.8, 4) is 0 Å². The second kappa shape index (κ2) is 4.41. The first-order valence-corrected chi connectivity index (χ1v) is 5.29. The summed E-state index contributed by atoms with van der Waals surface area (Å²) in [6.07, 6.45) is 0.457. The molecule has 2 aromatic rings. The van der Waals surface area contributed by atoms with E-state index in [2.05, 4.69) is 4.98 Å². The Labute approximate surface area is 93.7 Å². The molecule has 0 unspecified atom stereocenters. The molecule has 1 aromatic carbocycles. The zero-order chi connectivity index (χ0) is 11.5. The van der Waals surface area contributed by atoms with Crippen LogP contribution in [0.2, 0.25) is 0 Å². The number of carbonyl (C=O) groups excluding carboxylic acids is 1. The number of hydrogen-bond acceptors (Lipinski definition) is 3. The van der Waals surface area contributed by atoms with E-state index in [0.717, 1.165) is 10.9 Å². The van der Waals surface area contributed by atoms with Gasteiger partial charge in [-0.1, -0.05) is 25.1 Å². The fourth-order valence-corrected chi connectivity index (χ4v) is 1.73. The van der Waals surface area contributed by atoms with Gasteiger partial charge < -0.3 is 5.11 Å². The quantitative estimate of drug-likeness (QED) is 0.799. The first-order valence-electron chi connectivity index (χ1n) is 5.29. The Morgan fingerprint density at radius 3 is 2.81 bits per heavy atom. The number of fused-ring (bicyclic) bond motifs is 1. The molecule has 0 aliphatic heterocycles. The van der Waals surface area contributed by atoms with Crippen LogP contribution in [0.4, 0.5) is 0 Å². The molecule has 1 N–H and O–H groups in total. The normalized spacial score (nSPS) is 10.6. The van der Waals surface area contributed by atoms with Crippen LogP contribution in [0.3, 0.4) is 0 Å². The van der Waals surface area contributed by atoms with E-state index in [1.54, 1.807) is 6.07 Å². The highest BCUT2D eigenvalue weighted by Gasteiger charge is 2.10. The maximum absolute atomic E-state index is 11.8. The number of ketones is 1. The molecular weight excluding hydrogens is 202 g/mol. The molecule has 16 heavy (non-hydrogen) atoms. The Morgan fingerprint density at radius 2 is 2.12 bits per heavy atom. The van der Waals surface area contributed by atoms with Gasteiger partial charge >= 0.3 is 0 Å². The van der Waals surface area contributed by atoms with E-state index in [1.165, 1.54) is 0 Å². The number of rotatable bonds is 3. The molecule has 0 atom stereocenters. The van der Waals surface area contributed by atoms with Crippen LogP contribution in [0.25, 0.3) is 10.9 Å². The van der Waals surface area contributed by atoms with Gasteiger partial charge in [0, 0.05) is 17.4 Å². The fourth-order valence-electron chi connectivity index (χ4n) is 1.73. The Balaban J connectivity index is 2.73. The Morgan fingerprint density at radius 1 is 1.38 bits per heavy atom. The number of benzene rings is 1. The van der Waals surface area contributed by atoms with Gasteiger partial charge in [0.1, 0.15) is 0 Å². The average Bonchev–Trinajstić information content (AvgIpc) is 2.36. The summed E-state index contributed by atoms with van der Waals surface area (Å²) in [7, 11) is 0. The fraction of sp³-hybridized carbons (Fsp3) is 0.231. The van der Waals surface area contributed by atoms with Crippen molar-refractivity contribution in [3.05, 3.63) is 41.6 Å². The van der Waals surface area contributed by atoms with Crippen molar-refractivity contribution < 1.29 is 9.90 Å². The summed E-state index contributed by atoms with van der Waals surface area (Å²) in [6, 6.07) is 9.16. The molecule has 1 aromatic heterocycles. The van der Waals surface area contributed by atoms with Gasteiger partial charge in [-0.15, -0.1) is 0 Å². The smallest absolute Gasteiger partial charge is 0.163 e. The third-order valence-corrected chi connectivity index (χ3v) is 2.55. The van der Waals surface area contributed by atoms with Crippen LogP contribution in [-0.2, 0) is 6.61 Å². The highest BCUT2D eigenvalue weighted by atomic mass is 16.3. The van der Waals surface area contributed by atoms with Gasteiger partial charge in [-0.05, 0) is 12.1 Å². The van der Waals surface area contributed by atoms with Crippen molar-refractivity contribution in [3.63, 3.8) is 0 Å². The van der Waals surface area contributed by atoms with Crippen LogP contribution in [0, 0.1) is 0 Å². The molecule has 0 saturated heterocycles. The Bertz CT molecular complexity index is 534. The lowest BCUT2D eigenvalue weighted by Crippen LogP contribution is -2.01. The molecule has 0 bridgehead atoms. The molecule has 2 rings (SSSR count). The van der Waals surface area contributed by atoms with Crippen molar-refractivity contribution in [1.82, 2.24) is 4.98 Å². The van der Waals surface area contributed by atoms with Gasteiger partial charge in [0.05, 0.1) is 17.8 Å². The SMILES string of the molecule is CCC(=O)c1cc(CO)nc2ccccc12. The average molecular weight is 215 g/mol. The van der Waals surface area contributed by atoms with Crippen LogP contribution in [0.15, 0.2) is 30.3 Å². The van der Waals surface area contributed by atoms with Crippen LogP contribution in [0.1, 0.15) is 29.4 Å². The number of para-hydroxylation sites is 1. The zero-order valence-electron chi connectivity index (χ0n) is 9.10. The molecule has 3 heteroatoms. The third kappa shape index (κ3) is 1.82. The van der Waals surface area contributed by atoms with E-state index in [9.17, 15) is 4.79 Å². The summed E-state index contributed by atoms with van der Waals surface area (Å²) in [5, 5.41) is 9.96. The van der Waals surface area contributed by atoms with Crippen LogP contribution in [-0.4, -0.2) is 15.9 Å². The van der Waals surface area contributed by atoms with Gasteiger partial charge in [-0.3, -0.25) is 9.78 Å². The molecule has 0 radical (unpaired) electrons. The summed E-state index contributed by atoms with van der Waals surface area (Å²) < 4.78 is 0. The summed E-state index contributed by atoms with van der Waals surface area (Å²) in [5.41, 5.74) is 1.94. The van der Waals surface area contributed by atoms with Crippen molar-refractivity contribution in [1.29, 1.82) is 0 Å². The third-order valence-electron chi connectivity index (χ3n) is 2.55. The van der Waals surface area contributed by atoms with E-state index in [4.69, 9.17) is 5.11 Å². The van der Waals surface area contributed by atoms with Gasteiger partial charge in [-0.25, -0.2) is 0 Å². The summed E-state index contributed by atoms with van der Waals surface area (Å²) in [5.74, 6) is 0.0771. The molecule has 0 fully saturated rings. The standard InChI is InChI=1S/C13H13NO2/c1-2-13(16)11-7-9(8-15)14-12-6-4-3-5-10(11)12/h3-7,15H,2,8H2,1H3. The molecule has 0 aliphatic carbocycles. The molecule has 82 valence electrons.